The predicted octanol–water partition coefficient (Wildman–Crippen LogP) is -2.28. The summed E-state index contributed by atoms with van der Waals surface area (Å²) in [6, 6.07) is 3.50. The molecule has 0 aromatic heterocycles. The van der Waals surface area contributed by atoms with Crippen molar-refractivity contribution >= 4 is 41.7 Å². The zero-order valence-electron chi connectivity index (χ0n) is 17.9. The molecule has 1 aromatic rings. The number of nitrogens with one attached hydrogen (secondary N) is 4. The van der Waals surface area contributed by atoms with Gasteiger partial charge in [-0.15, -0.1) is 0 Å². The molecule has 0 bridgehead atoms. The molecule has 0 aliphatic carbocycles. The number of amides is 3. The van der Waals surface area contributed by atoms with Gasteiger partial charge in [0.05, 0.1) is 12.6 Å². The van der Waals surface area contributed by atoms with Crippen molar-refractivity contribution in [1.29, 1.82) is 0 Å². The highest BCUT2D eigenvalue weighted by Crippen LogP contribution is 2.16. The van der Waals surface area contributed by atoms with E-state index >= 15 is 0 Å². The van der Waals surface area contributed by atoms with E-state index in [4.69, 9.17) is 10.8 Å². The van der Waals surface area contributed by atoms with E-state index < -0.39 is 54.6 Å². The Bertz CT molecular complexity index is 997. The third kappa shape index (κ3) is 5.78. The molecule has 14 heteroatoms. The molecule has 8 N–H and O–H groups in total. The van der Waals surface area contributed by atoms with Gasteiger partial charge in [-0.2, -0.15) is 0 Å². The summed E-state index contributed by atoms with van der Waals surface area (Å²) in [4.78, 5) is 63.9. The van der Waals surface area contributed by atoms with E-state index in [9.17, 15) is 29.1 Å². The summed E-state index contributed by atoms with van der Waals surface area (Å²) in [7, 11) is 0. The number of carboxylic acids is 2. The molecule has 2 heterocycles. The van der Waals surface area contributed by atoms with E-state index in [2.05, 4.69) is 26.3 Å². The van der Waals surface area contributed by atoms with Crippen molar-refractivity contribution in [3.63, 3.8) is 0 Å². The van der Waals surface area contributed by atoms with Gasteiger partial charge >= 0.3 is 11.9 Å². The fourth-order valence-corrected chi connectivity index (χ4v) is 3.61. The minimum Gasteiger partial charge on any atom is -0.481 e. The Labute approximate surface area is 193 Å². The second kappa shape index (κ2) is 10.6. The molecular formula is C20H25N7O7. The molecule has 182 valence electrons. The van der Waals surface area contributed by atoms with Gasteiger partial charge in [-0.25, -0.2) is 4.79 Å². The first kappa shape index (κ1) is 24.4. The van der Waals surface area contributed by atoms with E-state index in [-0.39, 0.29) is 25.1 Å². The van der Waals surface area contributed by atoms with Gasteiger partial charge in [0.1, 0.15) is 11.9 Å². The number of carboxylic acid groups (broad SMARTS) is 2. The molecule has 3 amide bonds. The minimum atomic E-state index is -1.33. The molecule has 3 rings (SSSR count). The van der Waals surface area contributed by atoms with Gasteiger partial charge in [0.15, 0.2) is 12.3 Å². The molecular weight excluding hydrogens is 450 g/mol. The average molecular weight is 475 g/mol. The SMILES string of the molecule is NC1NC(=O)[C@H]2C(=NC[C@@H](CNc3ccc(C(=O)N[C@@H](CCC(=O)O)C(=O)O)cc3)N2C=O)N1. The van der Waals surface area contributed by atoms with Gasteiger partial charge in [0.25, 0.3) is 11.8 Å². The fraction of sp³-hybridized carbons (Fsp3) is 0.400. The van der Waals surface area contributed by atoms with E-state index in [1.54, 1.807) is 12.1 Å². The molecule has 34 heavy (non-hydrogen) atoms. The lowest BCUT2D eigenvalue weighted by molar-refractivity contribution is -0.140. The van der Waals surface area contributed by atoms with Crippen LogP contribution >= 0.6 is 0 Å². The number of aliphatic carboxylic acids is 2. The molecule has 1 fully saturated rings. The number of benzene rings is 1. The van der Waals surface area contributed by atoms with Crippen LogP contribution in [0.25, 0.3) is 0 Å². The van der Waals surface area contributed by atoms with Crippen molar-refractivity contribution in [3.8, 4) is 0 Å². The summed E-state index contributed by atoms with van der Waals surface area (Å²) in [5, 5.41) is 28.6. The Balaban J connectivity index is 1.59. The number of nitrogens with two attached hydrogens (primary N) is 1. The van der Waals surface area contributed by atoms with Gasteiger partial charge in [0.2, 0.25) is 6.41 Å². The van der Waals surface area contributed by atoms with Gasteiger partial charge in [0, 0.05) is 24.2 Å². The molecule has 1 aromatic carbocycles. The third-order valence-corrected chi connectivity index (χ3v) is 5.36. The number of amidine groups is 1. The summed E-state index contributed by atoms with van der Waals surface area (Å²) in [6.07, 6.45) is -0.824. The van der Waals surface area contributed by atoms with Gasteiger partial charge in [-0.3, -0.25) is 29.9 Å². The van der Waals surface area contributed by atoms with E-state index in [1.807, 2.05) is 0 Å². The highest BCUT2D eigenvalue weighted by molar-refractivity contribution is 6.10. The Hall–Kier alpha value is -4.20. The molecule has 0 radical (unpaired) electrons. The number of hydrogen-bond acceptors (Lipinski definition) is 9. The van der Waals surface area contributed by atoms with Crippen LogP contribution in [-0.2, 0) is 19.2 Å². The number of carbonyl (C=O) groups excluding carboxylic acids is 3. The molecule has 2 aliphatic heterocycles. The van der Waals surface area contributed by atoms with Crippen LogP contribution in [0.2, 0.25) is 0 Å². The van der Waals surface area contributed by atoms with Crippen LogP contribution in [-0.4, -0.2) is 88.6 Å². The summed E-state index contributed by atoms with van der Waals surface area (Å²) in [6.45, 7) is 0.519. The maximum atomic E-state index is 12.3. The summed E-state index contributed by atoms with van der Waals surface area (Å²) in [5.41, 5.74) is 6.47. The maximum Gasteiger partial charge on any atom is 0.326 e. The van der Waals surface area contributed by atoms with Crippen molar-refractivity contribution in [1.82, 2.24) is 20.9 Å². The van der Waals surface area contributed by atoms with Crippen LogP contribution in [0.15, 0.2) is 29.3 Å². The van der Waals surface area contributed by atoms with Crippen LogP contribution < -0.4 is 27.0 Å². The lowest BCUT2D eigenvalue weighted by Crippen LogP contribution is -2.72. The highest BCUT2D eigenvalue weighted by Gasteiger charge is 2.41. The van der Waals surface area contributed by atoms with E-state index in [0.29, 0.717) is 17.9 Å². The number of anilines is 1. The molecule has 0 saturated carbocycles. The average Bonchev–Trinajstić information content (AvgIpc) is 2.79. The molecule has 0 spiro atoms. The summed E-state index contributed by atoms with van der Waals surface area (Å²) in [5.74, 6) is -3.24. The molecule has 14 nitrogen and oxygen atoms in total. The Morgan fingerprint density at radius 1 is 1.24 bits per heavy atom. The maximum absolute atomic E-state index is 12.3. The number of fused-ring (bicyclic) bond motifs is 1. The lowest BCUT2D eigenvalue weighted by Gasteiger charge is -2.42. The first-order valence-corrected chi connectivity index (χ1v) is 10.4. The van der Waals surface area contributed by atoms with Crippen LogP contribution in [0.5, 0.6) is 0 Å². The Morgan fingerprint density at radius 2 is 1.94 bits per heavy atom. The number of carbonyl (C=O) groups is 5. The van der Waals surface area contributed by atoms with Crippen molar-refractivity contribution in [2.45, 2.75) is 37.3 Å². The predicted molar refractivity (Wildman–Crippen MR) is 118 cm³/mol. The number of hydrogen-bond donors (Lipinski definition) is 7. The normalized spacial score (nSPS) is 22.3. The highest BCUT2D eigenvalue weighted by atomic mass is 16.4. The summed E-state index contributed by atoms with van der Waals surface area (Å²) < 4.78 is 0. The van der Waals surface area contributed by atoms with Gasteiger partial charge < -0.3 is 36.4 Å². The largest absolute Gasteiger partial charge is 0.481 e. The zero-order valence-corrected chi connectivity index (χ0v) is 17.9. The Kier molecular flexibility index (Phi) is 7.63. The zero-order chi connectivity index (χ0) is 24.8. The smallest absolute Gasteiger partial charge is 0.326 e. The summed E-state index contributed by atoms with van der Waals surface area (Å²) >= 11 is 0. The molecule has 4 atom stereocenters. The van der Waals surface area contributed by atoms with Crippen molar-refractivity contribution in [2.75, 3.05) is 18.4 Å². The quantitative estimate of drug-likeness (QED) is 0.180. The Morgan fingerprint density at radius 3 is 2.56 bits per heavy atom. The number of nitrogens with zero attached hydrogens (tertiary/aromatic N) is 2. The molecule has 1 unspecified atom stereocenters. The minimum absolute atomic E-state index is 0.190. The third-order valence-electron chi connectivity index (χ3n) is 5.36. The first-order valence-electron chi connectivity index (χ1n) is 10.4. The van der Waals surface area contributed by atoms with Crippen LogP contribution in [0, 0.1) is 0 Å². The topological polar surface area (TPSA) is 216 Å². The molecule has 1 saturated heterocycles. The van der Waals surface area contributed by atoms with Crippen LogP contribution in [0.3, 0.4) is 0 Å². The van der Waals surface area contributed by atoms with Crippen molar-refractivity contribution in [2.24, 2.45) is 10.7 Å². The van der Waals surface area contributed by atoms with Crippen molar-refractivity contribution < 1.29 is 34.2 Å². The standard InChI is InChI=1S/C20H25N7O7/c21-20-25-16-15(18(32)26-20)27(9-28)12(8-23-16)7-22-11-3-1-10(2-4-11)17(31)24-13(19(33)34)5-6-14(29)30/h1-4,9,12-13,15,20,22H,5-8,21H2,(H,23,25)(H,24,31)(H,26,32)(H,29,30)(H,33,34)/t12-,13+,15-,20?/m1/s1. The monoisotopic (exact) mass is 475 g/mol. The molecule has 2 aliphatic rings. The number of aliphatic imine (C=N–C) groups is 1. The fourth-order valence-electron chi connectivity index (χ4n) is 3.61. The second-order valence-electron chi connectivity index (χ2n) is 7.72. The van der Waals surface area contributed by atoms with Crippen LogP contribution in [0.1, 0.15) is 23.2 Å². The second-order valence-corrected chi connectivity index (χ2v) is 7.72. The van der Waals surface area contributed by atoms with E-state index in [0.717, 1.165) is 0 Å². The van der Waals surface area contributed by atoms with Crippen molar-refractivity contribution in [3.05, 3.63) is 29.8 Å². The first-order chi connectivity index (χ1) is 16.2. The van der Waals surface area contributed by atoms with E-state index in [1.165, 1.54) is 17.0 Å². The van der Waals surface area contributed by atoms with Gasteiger partial charge in [-0.1, -0.05) is 0 Å². The number of rotatable bonds is 10. The lowest BCUT2D eigenvalue weighted by atomic mass is 10.1. The van der Waals surface area contributed by atoms with Crippen LogP contribution in [0.4, 0.5) is 5.69 Å². The van der Waals surface area contributed by atoms with Gasteiger partial charge in [-0.05, 0) is 30.7 Å².